The third-order valence-corrected chi connectivity index (χ3v) is 7.98. The van der Waals surface area contributed by atoms with Gasteiger partial charge in [-0.3, -0.25) is 4.79 Å². The zero-order valence-corrected chi connectivity index (χ0v) is 21.9. The van der Waals surface area contributed by atoms with Crippen LogP contribution in [0.5, 0.6) is 0 Å². The smallest absolute Gasteiger partial charge is 0.232 e. The van der Waals surface area contributed by atoms with Gasteiger partial charge in [0.2, 0.25) is 5.91 Å². The number of aromatic nitrogens is 1. The van der Waals surface area contributed by atoms with Gasteiger partial charge >= 0.3 is 0 Å². The summed E-state index contributed by atoms with van der Waals surface area (Å²) >= 11 is 0. The highest BCUT2D eigenvalue weighted by atomic mass is 16.5. The van der Waals surface area contributed by atoms with Crippen LogP contribution >= 0.6 is 0 Å². The number of carbonyl (C=O) groups excluding carboxylic acids is 1. The maximum atomic E-state index is 14.0. The average Bonchev–Trinajstić information content (AvgIpc) is 3.39. The SMILES string of the molecule is C=C/C=C\c1coc(CC(C)(C)OC2C3CC(CN(c4ccc(C#N)c5ccccc45)C3=O)C2(C)C)n1. The van der Waals surface area contributed by atoms with Gasteiger partial charge in [-0.15, -0.1) is 0 Å². The number of hydrogen-bond acceptors (Lipinski definition) is 5. The van der Waals surface area contributed by atoms with Crippen molar-refractivity contribution >= 4 is 28.4 Å². The molecule has 3 aromatic rings. The highest BCUT2D eigenvalue weighted by molar-refractivity contribution is 6.06. The molecule has 5 rings (SSSR count). The summed E-state index contributed by atoms with van der Waals surface area (Å²) in [7, 11) is 0. The number of amides is 1. The van der Waals surface area contributed by atoms with Crippen molar-refractivity contribution in [2.75, 3.05) is 11.4 Å². The number of fused-ring (bicyclic) bond motifs is 3. The molecule has 37 heavy (non-hydrogen) atoms. The molecular formula is C31H33N3O3. The van der Waals surface area contributed by atoms with Crippen molar-refractivity contribution in [3.8, 4) is 6.07 Å². The molecule has 0 radical (unpaired) electrons. The van der Waals surface area contributed by atoms with Gasteiger partial charge in [-0.25, -0.2) is 4.98 Å². The Kier molecular flexibility index (Phi) is 6.29. The normalized spacial score (nSPS) is 23.1. The lowest BCUT2D eigenvalue weighted by atomic mass is 9.79. The van der Waals surface area contributed by atoms with E-state index in [9.17, 15) is 10.1 Å². The van der Waals surface area contributed by atoms with Crippen LogP contribution in [0.4, 0.5) is 5.69 Å². The fraction of sp³-hybridized carbons (Fsp3) is 0.387. The molecule has 0 spiro atoms. The number of ether oxygens (including phenoxy) is 1. The molecule has 6 nitrogen and oxygen atoms in total. The first-order chi connectivity index (χ1) is 17.6. The Bertz CT molecular complexity index is 1420. The number of oxazole rings is 1. The molecule has 2 heterocycles. The summed E-state index contributed by atoms with van der Waals surface area (Å²) in [5.74, 6) is 0.746. The predicted molar refractivity (Wildman–Crippen MR) is 145 cm³/mol. The van der Waals surface area contributed by atoms with Crippen molar-refractivity contribution in [1.82, 2.24) is 4.98 Å². The van der Waals surface area contributed by atoms with Crippen LogP contribution in [0.1, 0.15) is 51.3 Å². The van der Waals surface area contributed by atoms with Gasteiger partial charge in [0.05, 0.1) is 41.4 Å². The van der Waals surface area contributed by atoms with Gasteiger partial charge in [-0.1, -0.05) is 56.8 Å². The first kappa shape index (κ1) is 25.0. The predicted octanol–water partition coefficient (Wildman–Crippen LogP) is 6.31. The van der Waals surface area contributed by atoms with Gasteiger partial charge in [0.25, 0.3) is 0 Å². The summed E-state index contributed by atoms with van der Waals surface area (Å²) in [6, 6.07) is 13.8. The van der Waals surface area contributed by atoms with Crippen LogP contribution < -0.4 is 4.90 Å². The summed E-state index contributed by atoms with van der Waals surface area (Å²) in [6.45, 7) is 12.8. The Morgan fingerprint density at radius 1 is 1.27 bits per heavy atom. The van der Waals surface area contributed by atoms with Crippen molar-refractivity contribution in [1.29, 1.82) is 5.26 Å². The molecule has 2 bridgehead atoms. The first-order valence-electron chi connectivity index (χ1n) is 12.8. The van der Waals surface area contributed by atoms with E-state index >= 15 is 0 Å². The second-order valence-electron chi connectivity index (χ2n) is 11.3. The lowest BCUT2D eigenvalue weighted by Crippen LogP contribution is -2.45. The van der Waals surface area contributed by atoms with E-state index in [0.717, 1.165) is 28.6 Å². The third-order valence-electron chi connectivity index (χ3n) is 7.98. The lowest BCUT2D eigenvalue weighted by Gasteiger charge is -2.37. The molecule has 1 saturated heterocycles. The zero-order chi connectivity index (χ0) is 26.4. The number of allylic oxidation sites excluding steroid dienone is 2. The maximum Gasteiger partial charge on any atom is 0.232 e. The summed E-state index contributed by atoms with van der Waals surface area (Å²) in [5.41, 5.74) is 1.46. The molecule has 1 aliphatic carbocycles. The molecule has 2 aliphatic rings. The number of rotatable bonds is 7. The van der Waals surface area contributed by atoms with Crippen LogP contribution in [0.3, 0.4) is 0 Å². The van der Waals surface area contributed by atoms with Gasteiger partial charge in [0.15, 0.2) is 5.89 Å². The Hall–Kier alpha value is -3.69. The number of anilines is 1. The van der Waals surface area contributed by atoms with Crippen molar-refractivity contribution in [2.45, 2.75) is 52.2 Å². The first-order valence-corrected chi connectivity index (χ1v) is 12.8. The molecule has 2 aromatic carbocycles. The molecule has 6 heteroatoms. The van der Waals surface area contributed by atoms with E-state index < -0.39 is 5.60 Å². The minimum atomic E-state index is -0.573. The molecule has 1 saturated carbocycles. The van der Waals surface area contributed by atoms with E-state index in [2.05, 4.69) is 31.5 Å². The second-order valence-corrected chi connectivity index (χ2v) is 11.3. The van der Waals surface area contributed by atoms with E-state index in [1.807, 2.05) is 67.3 Å². The van der Waals surface area contributed by atoms with E-state index in [1.54, 1.807) is 12.3 Å². The van der Waals surface area contributed by atoms with Crippen molar-refractivity contribution in [3.63, 3.8) is 0 Å². The van der Waals surface area contributed by atoms with Crippen LogP contribution in [0.25, 0.3) is 16.8 Å². The molecule has 0 N–H and O–H groups in total. The minimum absolute atomic E-state index is 0.0884. The summed E-state index contributed by atoms with van der Waals surface area (Å²) in [5, 5.41) is 11.4. The Labute approximate surface area is 218 Å². The second kappa shape index (κ2) is 9.32. The van der Waals surface area contributed by atoms with Gasteiger partial charge in [0.1, 0.15) is 12.0 Å². The van der Waals surface area contributed by atoms with Gasteiger partial charge in [0, 0.05) is 17.3 Å². The van der Waals surface area contributed by atoms with Crippen molar-refractivity contribution in [2.24, 2.45) is 17.3 Å². The Morgan fingerprint density at radius 2 is 2.03 bits per heavy atom. The molecule has 1 aliphatic heterocycles. The van der Waals surface area contributed by atoms with Crippen LogP contribution in [-0.4, -0.2) is 29.1 Å². The van der Waals surface area contributed by atoms with Gasteiger partial charge in [-0.05, 0) is 49.8 Å². The quantitative estimate of drug-likeness (QED) is 0.359. The third kappa shape index (κ3) is 4.49. The van der Waals surface area contributed by atoms with Gasteiger partial charge in [-0.2, -0.15) is 5.26 Å². The molecule has 1 amide bonds. The lowest BCUT2D eigenvalue weighted by molar-refractivity contribution is -0.143. The number of benzene rings is 2. The Balaban J connectivity index is 1.41. The molecule has 2 fully saturated rings. The minimum Gasteiger partial charge on any atom is -0.448 e. The average molecular weight is 496 g/mol. The fourth-order valence-corrected chi connectivity index (χ4v) is 6.00. The number of nitriles is 1. The highest BCUT2D eigenvalue weighted by Crippen LogP contribution is 2.53. The zero-order valence-electron chi connectivity index (χ0n) is 21.9. The van der Waals surface area contributed by atoms with Gasteiger partial charge < -0.3 is 14.1 Å². The van der Waals surface area contributed by atoms with Crippen LogP contribution in [0.2, 0.25) is 0 Å². The van der Waals surface area contributed by atoms with Crippen molar-refractivity contribution < 1.29 is 13.9 Å². The Morgan fingerprint density at radius 3 is 2.76 bits per heavy atom. The summed E-state index contributed by atoms with van der Waals surface area (Å²) in [4.78, 5) is 20.4. The maximum absolute atomic E-state index is 14.0. The number of piperidine rings is 1. The molecule has 3 unspecified atom stereocenters. The molecule has 3 atom stereocenters. The molecule has 190 valence electrons. The summed E-state index contributed by atoms with van der Waals surface area (Å²) in [6.07, 6.45) is 8.06. The van der Waals surface area contributed by atoms with E-state index in [-0.39, 0.29) is 23.3 Å². The van der Waals surface area contributed by atoms with Crippen molar-refractivity contribution in [3.05, 3.63) is 78.5 Å². The largest absolute Gasteiger partial charge is 0.448 e. The number of carbonyl (C=O) groups is 1. The molecule has 1 aromatic heterocycles. The molecular weight excluding hydrogens is 462 g/mol. The topological polar surface area (TPSA) is 79.4 Å². The van der Waals surface area contributed by atoms with E-state index in [4.69, 9.17) is 9.15 Å². The summed E-state index contributed by atoms with van der Waals surface area (Å²) < 4.78 is 12.5. The number of nitrogens with zero attached hydrogens (tertiary/aromatic N) is 3. The fourth-order valence-electron chi connectivity index (χ4n) is 6.00. The highest BCUT2D eigenvalue weighted by Gasteiger charge is 2.58. The van der Waals surface area contributed by atoms with Crippen LogP contribution in [0, 0.1) is 28.6 Å². The number of hydrogen-bond donors (Lipinski definition) is 0. The van der Waals surface area contributed by atoms with Crippen LogP contribution in [0.15, 0.2) is 65.8 Å². The van der Waals surface area contributed by atoms with E-state index in [0.29, 0.717) is 30.3 Å². The monoisotopic (exact) mass is 495 g/mol. The van der Waals surface area contributed by atoms with E-state index in [1.165, 1.54) is 0 Å². The van der Waals surface area contributed by atoms with Crippen LogP contribution in [-0.2, 0) is 16.0 Å². The standard InChI is InChI=1S/C31H33N3O3/c1-6-7-10-22-19-36-27(33-22)16-30(2,3)37-28-25-15-21(31(28,4)5)18-34(29(25)35)26-14-13-20(17-32)23-11-8-9-12-24(23)26/h6-14,19,21,25,28H,1,15-16,18H2,2-5H3/b10-7-.